The van der Waals surface area contributed by atoms with Gasteiger partial charge in [0.25, 0.3) is 0 Å². The van der Waals surface area contributed by atoms with E-state index in [2.05, 4.69) is 0 Å². The number of aliphatic hydroxyl groups excluding tert-OH is 4. The molecule has 0 bridgehead atoms. The van der Waals surface area contributed by atoms with Crippen molar-refractivity contribution in [3.63, 3.8) is 0 Å². The summed E-state index contributed by atoms with van der Waals surface area (Å²) in [6, 6.07) is 0. The zero-order valence-electron chi connectivity index (χ0n) is 8.53. The van der Waals surface area contributed by atoms with E-state index in [4.69, 9.17) is 30.8 Å². The van der Waals surface area contributed by atoms with Crippen molar-refractivity contribution in [1.29, 1.82) is 0 Å². The lowest BCUT2D eigenvalue weighted by atomic mass is 10.4. The van der Waals surface area contributed by atoms with Gasteiger partial charge in [-0.25, -0.2) is 0 Å². The van der Waals surface area contributed by atoms with Gasteiger partial charge in [0.2, 0.25) is 0 Å². The predicted octanol–water partition coefficient (Wildman–Crippen LogP) is -2.72. The fraction of sp³-hybridized carbons (Fsp3) is 1.00. The molecule has 0 aromatic rings. The topological polar surface area (TPSA) is 128 Å². The molecule has 0 spiro atoms. The summed E-state index contributed by atoms with van der Waals surface area (Å²) in [5.41, 5.74) is 0. The molecular formula is C7H20N2O6. The minimum absolute atomic E-state index is 0.0694. The van der Waals surface area contributed by atoms with Crippen molar-refractivity contribution in [3.05, 3.63) is 0 Å². The lowest BCUT2D eigenvalue weighted by Crippen LogP contribution is -2.32. The maximum atomic E-state index is 8.48. The van der Waals surface area contributed by atoms with Crippen molar-refractivity contribution in [2.24, 2.45) is 0 Å². The minimum atomic E-state index is -0.750. The Morgan fingerprint density at radius 1 is 0.667 bits per heavy atom. The summed E-state index contributed by atoms with van der Waals surface area (Å²) in [6.45, 7) is 1.00. The Bertz CT molecular complexity index is 101. The van der Waals surface area contributed by atoms with Crippen molar-refractivity contribution < 1.29 is 30.8 Å². The highest BCUT2D eigenvalue weighted by Gasteiger charge is 2.00. The molecule has 0 saturated carbocycles. The monoisotopic (exact) mass is 228 g/mol. The second-order valence-corrected chi connectivity index (χ2v) is 2.53. The van der Waals surface area contributed by atoms with Crippen LogP contribution < -0.4 is 0 Å². The molecule has 0 radical (unpaired) electrons. The summed E-state index contributed by atoms with van der Waals surface area (Å²) < 4.78 is 0. The molecular weight excluding hydrogens is 208 g/mol. The fourth-order valence-electron chi connectivity index (χ4n) is 0.760. The highest BCUT2D eigenvalue weighted by Crippen LogP contribution is 1.84. The molecule has 0 fully saturated rings. The molecule has 0 saturated heterocycles. The van der Waals surface area contributed by atoms with Gasteiger partial charge in [0, 0.05) is 19.6 Å². The van der Waals surface area contributed by atoms with Crippen LogP contribution in [0.3, 0.4) is 0 Å². The van der Waals surface area contributed by atoms with Gasteiger partial charge in [0.1, 0.15) is 6.73 Å². The molecule has 0 aliphatic heterocycles. The van der Waals surface area contributed by atoms with Crippen LogP contribution in [0.5, 0.6) is 0 Å². The molecule has 8 nitrogen and oxygen atoms in total. The summed E-state index contributed by atoms with van der Waals surface area (Å²) in [5.74, 6) is 0. The Morgan fingerprint density at radius 3 is 1.07 bits per heavy atom. The van der Waals surface area contributed by atoms with Crippen molar-refractivity contribution in [2.75, 3.05) is 46.2 Å². The second kappa shape index (κ2) is 13.7. The predicted molar refractivity (Wildman–Crippen MR) is 50.2 cm³/mol. The molecule has 0 rings (SSSR count). The van der Waals surface area contributed by atoms with Crippen molar-refractivity contribution >= 4 is 0 Å². The van der Waals surface area contributed by atoms with Gasteiger partial charge in [0.05, 0.1) is 19.8 Å². The van der Waals surface area contributed by atoms with E-state index in [0.717, 1.165) is 0 Å². The van der Waals surface area contributed by atoms with Crippen LogP contribution in [0.2, 0.25) is 0 Å². The Hall–Kier alpha value is -0.320. The molecule has 0 aliphatic carbocycles. The first-order chi connectivity index (χ1) is 7.12. The third-order valence-corrected chi connectivity index (χ3v) is 1.38. The summed E-state index contributed by atoms with van der Waals surface area (Å²) in [4.78, 5) is 1.79. The van der Waals surface area contributed by atoms with Crippen LogP contribution >= 0.6 is 0 Å². The Balaban J connectivity index is 0. The lowest BCUT2D eigenvalue weighted by molar-refractivity contribution is -0.335. The molecule has 0 unspecified atom stereocenters. The largest absolute Gasteiger partial charge is 0.395 e. The number of nitrogens with zero attached hydrogens (tertiary/aromatic N) is 2. The van der Waals surface area contributed by atoms with Gasteiger partial charge in [-0.15, -0.1) is 0 Å². The van der Waals surface area contributed by atoms with Crippen LogP contribution in [-0.2, 0) is 0 Å². The van der Waals surface area contributed by atoms with Gasteiger partial charge >= 0.3 is 0 Å². The van der Waals surface area contributed by atoms with Crippen molar-refractivity contribution in [3.8, 4) is 0 Å². The van der Waals surface area contributed by atoms with Crippen LogP contribution in [0.4, 0.5) is 0 Å². The Morgan fingerprint density at radius 2 is 0.933 bits per heavy atom. The van der Waals surface area contributed by atoms with E-state index in [-0.39, 0.29) is 25.0 Å². The SMILES string of the molecule is OCCN(CCO)CCO.OCN(O)O. The molecule has 15 heavy (non-hydrogen) atoms. The fourth-order valence-corrected chi connectivity index (χ4v) is 0.760. The Kier molecular flexibility index (Phi) is 15.6. The summed E-state index contributed by atoms with van der Waals surface area (Å²) in [6.07, 6.45) is 0. The first-order valence-corrected chi connectivity index (χ1v) is 4.43. The van der Waals surface area contributed by atoms with E-state index in [0.29, 0.717) is 19.6 Å². The number of rotatable bonds is 7. The first-order valence-electron chi connectivity index (χ1n) is 4.43. The van der Waals surface area contributed by atoms with Gasteiger partial charge in [-0.2, -0.15) is 0 Å². The molecule has 0 atom stereocenters. The van der Waals surface area contributed by atoms with E-state index in [9.17, 15) is 0 Å². The zero-order valence-corrected chi connectivity index (χ0v) is 8.53. The number of hydrogen-bond donors (Lipinski definition) is 6. The molecule has 94 valence electrons. The maximum absolute atomic E-state index is 8.48. The number of aliphatic hydroxyl groups is 4. The van der Waals surface area contributed by atoms with E-state index in [1.165, 1.54) is 0 Å². The van der Waals surface area contributed by atoms with E-state index in [1.54, 1.807) is 4.90 Å². The summed E-state index contributed by atoms with van der Waals surface area (Å²) >= 11 is 0. The standard InChI is InChI=1S/C6H15NO3.CH5NO3/c8-4-1-7(2-5-9)3-6-10;3-1-2(4)5/h8-10H,1-6H2;3-5H,1H2. The smallest absolute Gasteiger partial charge is 0.146 e. The van der Waals surface area contributed by atoms with Crippen LogP contribution in [0.15, 0.2) is 0 Å². The van der Waals surface area contributed by atoms with Gasteiger partial charge in [-0.3, -0.25) is 15.3 Å². The summed E-state index contributed by atoms with van der Waals surface area (Å²) in [7, 11) is 0. The highest BCUT2D eigenvalue weighted by molar-refractivity contribution is 4.54. The third kappa shape index (κ3) is 16.4. The Labute approximate surface area is 88.1 Å². The average molecular weight is 228 g/mol. The molecule has 0 amide bonds. The minimum Gasteiger partial charge on any atom is -0.395 e. The highest BCUT2D eigenvalue weighted by atomic mass is 16.8. The van der Waals surface area contributed by atoms with E-state index in [1.807, 2.05) is 0 Å². The normalized spacial score (nSPS) is 10.4. The maximum Gasteiger partial charge on any atom is 0.146 e. The quantitative estimate of drug-likeness (QED) is 0.205. The molecule has 0 aromatic heterocycles. The molecule has 6 N–H and O–H groups in total. The first kappa shape index (κ1) is 17.1. The van der Waals surface area contributed by atoms with Gasteiger partial charge in [-0.1, -0.05) is 0 Å². The van der Waals surface area contributed by atoms with Gasteiger partial charge in [0.15, 0.2) is 0 Å². The molecule has 0 aliphatic rings. The van der Waals surface area contributed by atoms with Crippen LogP contribution in [0.1, 0.15) is 0 Å². The van der Waals surface area contributed by atoms with Gasteiger partial charge in [-0.05, 0) is 5.23 Å². The van der Waals surface area contributed by atoms with Crippen molar-refractivity contribution in [2.45, 2.75) is 0 Å². The van der Waals surface area contributed by atoms with Crippen LogP contribution in [0.25, 0.3) is 0 Å². The van der Waals surface area contributed by atoms with Crippen LogP contribution in [-0.4, -0.2) is 87.2 Å². The second-order valence-electron chi connectivity index (χ2n) is 2.53. The number of hydroxylamine groups is 2. The van der Waals surface area contributed by atoms with E-state index >= 15 is 0 Å². The van der Waals surface area contributed by atoms with Gasteiger partial charge < -0.3 is 20.4 Å². The molecule has 8 heteroatoms. The lowest BCUT2D eigenvalue weighted by Gasteiger charge is -2.17. The molecule has 0 aromatic carbocycles. The van der Waals surface area contributed by atoms with E-state index < -0.39 is 6.73 Å². The zero-order chi connectivity index (χ0) is 12.1. The average Bonchev–Trinajstić information content (AvgIpc) is 2.20. The van der Waals surface area contributed by atoms with Crippen molar-refractivity contribution in [1.82, 2.24) is 10.1 Å². The number of hydrogen-bond acceptors (Lipinski definition) is 8. The van der Waals surface area contributed by atoms with Crippen LogP contribution in [0, 0.1) is 0 Å². The molecule has 0 heterocycles. The summed E-state index contributed by atoms with van der Waals surface area (Å²) in [5, 5.41) is 47.7. The third-order valence-electron chi connectivity index (χ3n) is 1.38.